The Bertz CT molecular complexity index is 263. The van der Waals surface area contributed by atoms with Crippen LogP contribution in [0.25, 0.3) is 0 Å². The van der Waals surface area contributed by atoms with Crippen molar-refractivity contribution in [3.63, 3.8) is 0 Å². The fraction of sp³-hybridized carbons (Fsp3) is 0.625. The van der Waals surface area contributed by atoms with Gasteiger partial charge in [-0.25, -0.2) is 4.21 Å². The van der Waals surface area contributed by atoms with Gasteiger partial charge >= 0.3 is 0 Å². The number of allylic oxidation sites excluding steroid dienone is 2. The molecule has 0 saturated heterocycles. The Labute approximate surface area is 74.8 Å². The van der Waals surface area contributed by atoms with E-state index in [4.69, 9.17) is 0 Å². The predicted molar refractivity (Wildman–Crippen MR) is 48.7 cm³/mol. The molecule has 0 amide bonds. The van der Waals surface area contributed by atoms with Gasteiger partial charge < -0.3 is 4.72 Å². The predicted octanol–water partition coefficient (Wildman–Crippen LogP) is 0.752. The molecule has 12 heavy (non-hydrogen) atoms. The van der Waals surface area contributed by atoms with E-state index in [1.807, 2.05) is 20.8 Å². The Morgan fingerprint density at radius 1 is 1.50 bits per heavy atom. The van der Waals surface area contributed by atoms with Gasteiger partial charge in [-0.2, -0.15) is 0 Å². The molecular formula is C8H13NO2S. The molecule has 1 unspecified atom stereocenters. The largest absolute Gasteiger partial charge is 0.308 e. The fourth-order valence-electron chi connectivity index (χ4n) is 0.890. The lowest BCUT2D eigenvalue weighted by Gasteiger charge is -2.25. The molecule has 0 radical (unpaired) electrons. The Kier molecular flexibility index (Phi) is 2.37. The van der Waals surface area contributed by atoms with Gasteiger partial charge in [-0.15, -0.1) is 0 Å². The number of hydrogen-bond donors (Lipinski definition) is 1. The Balaban J connectivity index is 2.92. The van der Waals surface area contributed by atoms with E-state index in [9.17, 15) is 9.00 Å². The second kappa shape index (κ2) is 3.01. The normalized spacial score (nSPS) is 24.8. The molecule has 0 aromatic rings. The van der Waals surface area contributed by atoms with Gasteiger partial charge in [-0.1, -0.05) is 20.8 Å². The van der Waals surface area contributed by atoms with Gasteiger partial charge in [0.15, 0.2) is 5.78 Å². The van der Waals surface area contributed by atoms with Crippen LogP contribution in [0.4, 0.5) is 0 Å². The molecule has 0 saturated carbocycles. The maximum Gasteiger partial charge on any atom is 0.171 e. The van der Waals surface area contributed by atoms with Crippen molar-refractivity contribution in [3.8, 4) is 0 Å². The van der Waals surface area contributed by atoms with Crippen molar-refractivity contribution in [1.82, 2.24) is 4.72 Å². The lowest BCUT2D eigenvalue weighted by molar-refractivity contribution is -0.112. The van der Waals surface area contributed by atoms with Gasteiger partial charge in [0.05, 0.1) is 0 Å². The molecule has 68 valence electrons. The molecular weight excluding hydrogens is 174 g/mol. The first-order chi connectivity index (χ1) is 5.39. The number of carbonyl (C=O) groups is 1. The Hall–Kier alpha value is -0.640. The van der Waals surface area contributed by atoms with Gasteiger partial charge in [0, 0.05) is 17.2 Å². The van der Waals surface area contributed by atoms with Gasteiger partial charge in [0.1, 0.15) is 16.7 Å². The molecule has 1 N–H and O–H groups in total. The van der Waals surface area contributed by atoms with E-state index in [2.05, 4.69) is 4.72 Å². The van der Waals surface area contributed by atoms with Gasteiger partial charge in [-0.3, -0.25) is 4.79 Å². The lowest BCUT2D eigenvalue weighted by atomic mass is 9.92. The highest BCUT2D eigenvalue weighted by molar-refractivity contribution is 7.84. The summed E-state index contributed by atoms with van der Waals surface area (Å²) < 4.78 is 13.9. The molecule has 1 aliphatic rings. The first-order valence-electron chi connectivity index (χ1n) is 3.79. The minimum absolute atomic E-state index is 0.0583. The number of rotatable bonds is 0. The van der Waals surface area contributed by atoms with E-state index in [0.717, 1.165) is 5.70 Å². The highest BCUT2D eigenvalue weighted by atomic mass is 32.2. The van der Waals surface area contributed by atoms with Gasteiger partial charge in [0.2, 0.25) is 0 Å². The van der Waals surface area contributed by atoms with Crippen LogP contribution >= 0.6 is 0 Å². The number of ketones is 1. The monoisotopic (exact) mass is 187 g/mol. The minimum Gasteiger partial charge on any atom is -0.308 e. The van der Waals surface area contributed by atoms with E-state index < -0.39 is 11.0 Å². The van der Waals surface area contributed by atoms with E-state index in [1.165, 1.54) is 0 Å². The molecule has 1 atom stereocenters. The standard InChI is InChI=1S/C8H13NO2S/c1-8(2,3)7-4-6(10)5-12(11)9-7/h4,9H,5H2,1-3H3. The zero-order valence-electron chi connectivity index (χ0n) is 7.51. The molecule has 0 aromatic heterocycles. The van der Waals surface area contributed by atoms with E-state index >= 15 is 0 Å². The average molecular weight is 187 g/mol. The topological polar surface area (TPSA) is 46.2 Å². The SMILES string of the molecule is CC(C)(C)C1=CC(=O)CS(=O)N1. The molecule has 0 spiro atoms. The van der Waals surface area contributed by atoms with Crippen molar-refractivity contribution >= 4 is 16.8 Å². The molecule has 0 bridgehead atoms. The number of nitrogens with one attached hydrogen (secondary N) is 1. The van der Waals surface area contributed by atoms with Gasteiger partial charge in [0.25, 0.3) is 0 Å². The highest BCUT2D eigenvalue weighted by Gasteiger charge is 2.24. The molecule has 1 heterocycles. The van der Waals surface area contributed by atoms with Crippen molar-refractivity contribution in [2.75, 3.05) is 5.75 Å². The van der Waals surface area contributed by atoms with Crippen molar-refractivity contribution in [1.29, 1.82) is 0 Å². The smallest absolute Gasteiger partial charge is 0.171 e. The van der Waals surface area contributed by atoms with Crippen LogP contribution in [0.15, 0.2) is 11.8 Å². The lowest BCUT2D eigenvalue weighted by Crippen LogP contribution is -2.34. The van der Waals surface area contributed by atoms with Crippen LogP contribution in [-0.2, 0) is 15.8 Å². The molecule has 1 rings (SSSR count). The molecule has 0 aromatic carbocycles. The van der Waals surface area contributed by atoms with Crippen LogP contribution in [0.5, 0.6) is 0 Å². The van der Waals surface area contributed by atoms with Crippen molar-refractivity contribution in [2.24, 2.45) is 5.41 Å². The van der Waals surface area contributed by atoms with Crippen molar-refractivity contribution in [2.45, 2.75) is 20.8 Å². The van der Waals surface area contributed by atoms with Crippen LogP contribution in [0.3, 0.4) is 0 Å². The number of carbonyl (C=O) groups excluding carboxylic acids is 1. The third-order valence-corrected chi connectivity index (χ3v) is 2.60. The van der Waals surface area contributed by atoms with Crippen molar-refractivity contribution < 1.29 is 9.00 Å². The van der Waals surface area contributed by atoms with Crippen LogP contribution < -0.4 is 4.72 Å². The second-order valence-corrected chi connectivity index (χ2v) is 5.05. The van der Waals surface area contributed by atoms with Crippen LogP contribution in [0.1, 0.15) is 20.8 Å². The quantitative estimate of drug-likeness (QED) is 0.608. The van der Waals surface area contributed by atoms with E-state index in [1.54, 1.807) is 6.08 Å². The summed E-state index contributed by atoms with van der Waals surface area (Å²) in [5, 5.41) is 0. The van der Waals surface area contributed by atoms with Gasteiger partial charge in [-0.05, 0) is 0 Å². The van der Waals surface area contributed by atoms with E-state index in [0.29, 0.717) is 0 Å². The minimum atomic E-state index is -1.21. The molecule has 4 heteroatoms. The Morgan fingerprint density at radius 3 is 2.50 bits per heavy atom. The third-order valence-electron chi connectivity index (χ3n) is 1.61. The molecule has 3 nitrogen and oxygen atoms in total. The van der Waals surface area contributed by atoms with Crippen LogP contribution in [0.2, 0.25) is 0 Å². The fourth-order valence-corrected chi connectivity index (χ4v) is 1.91. The van der Waals surface area contributed by atoms with Crippen molar-refractivity contribution in [3.05, 3.63) is 11.8 Å². The zero-order valence-corrected chi connectivity index (χ0v) is 8.33. The van der Waals surface area contributed by atoms with E-state index in [-0.39, 0.29) is 17.0 Å². The first-order valence-corrected chi connectivity index (χ1v) is 5.11. The third kappa shape index (κ3) is 2.17. The first kappa shape index (κ1) is 9.45. The summed E-state index contributed by atoms with van der Waals surface area (Å²) in [6.07, 6.45) is 1.54. The molecule has 0 fully saturated rings. The van der Waals surface area contributed by atoms with Crippen LogP contribution in [-0.4, -0.2) is 15.7 Å². The summed E-state index contributed by atoms with van der Waals surface area (Å²) in [5.74, 6) is 0.0385. The summed E-state index contributed by atoms with van der Waals surface area (Å²) in [6.45, 7) is 5.92. The summed E-state index contributed by atoms with van der Waals surface area (Å²) in [7, 11) is -1.21. The molecule has 1 aliphatic heterocycles. The maximum atomic E-state index is 11.1. The second-order valence-electron chi connectivity index (χ2n) is 3.87. The summed E-state index contributed by atoms with van der Waals surface area (Å²) in [6, 6.07) is 0. The maximum absolute atomic E-state index is 11.1. The summed E-state index contributed by atoms with van der Waals surface area (Å²) in [5.41, 5.74) is 0.628. The number of hydrogen-bond acceptors (Lipinski definition) is 2. The zero-order chi connectivity index (χ0) is 9.35. The Morgan fingerprint density at radius 2 is 2.08 bits per heavy atom. The summed E-state index contributed by atoms with van der Waals surface area (Å²) in [4.78, 5) is 11.0. The van der Waals surface area contributed by atoms with Crippen LogP contribution in [0, 0.1) is 5.41 Å². The average Bonchev–Trinajstić information content (AvgIpc) is 1.82. The highest BCUT2D eigenvalue weighted by Crippen LogP contribution is 2.24. The summed E-state index contributed by atoms with van der Waals surface area (Å²) >= 11 is 0. The molecule has 0 aliphatic carbocycles.